The monoisotopic (exact) mass is 249 g/mol. The van der Waals surface area contributed by atoms with Crippen molar-refractivity contribution in [2.45, 2.75) is 33.6 Å². The van der Waals surface area contributed by atoms with E-state index >= 15 is 0 Å². The van der Waals surface area contributed by atoms with Crippen LogP contribution in [-0.2, 0) is 6.42 Å². The maximum atomic E-state index is 5.67. The Kier molecular flexibility index (Phi) is 3.81. The predicted molar refractivity (Wildman–Crippen MR) is 73.3 cm³/mol. The molecule has 3 heteroatoms. The van der Waals surface area contributed by atoms with Crippen LogP contribution in [0.5, 0.6) is 11.5 Å². The predicted octanol–water partition coefficient (Wildman–Crippen LogP) is 2.68. The highest BCUT2D eigenvalue weighted by Gasteiger charge is 2.21. The van der Waals surface area contributed by atoms with Crippen molar-refractivity contribution in [1.29, 1.82) is 0 Å². The molecule has 1 aromatic carbocycles. The Morgan fingerprint density at radius 2 is 1.78 bits per heavy atom. The van der Waals surface area contributed by atoms with Crippen LogP contribution in [0.1, 0.15) is 31.4 Å². The third kappa shape index (κ3) is 2.96. The Balaban J connectivity index is 2.23. The highest BCUT2D eigenvalue weighted by Crippen LogP contribution is 2.36. The summed E-state index contributed by atoms with van der Waals surface area (Å²) >= 11 is 0. The summed E-state index contributed by atoms with van der Waals surface area (Å²) in [5.74, 6) is 1.75. The van der Waals surface area contributed by atoms with Crippen molar-refractivity contribution in [1.82, 2.24) is 0 Å². The maximum Gasteiger partial charge on any atom is 0.161 e. The van der Waals surface area contributed by atoms with Gasteiger partial charge in [-0.25, -0.2) is 0 Å². The lowest BCUT2D eigenvalue weighted by Crippen LogP contribution is -2.21. The fraction of sp³-hybridized carbons (Fsp3) is 0.600. The summed E-state index contributed by atoms with van der Waals surface area (Å²) in [5, 5.41) is 0. The molecule has 0 atom stereocenters. The molecule has 100 valence electrons. The number of benzene rings is 1. The fourth-order valence-corrected chi connectivity index (χ4v) is 2.42. The zero-order valence-corrected chi connectivity index (χ0v) is 11.6. The van der Waals surface area contributed by atoms with E-state index in [0.717, 1.165) is 30.9 Å². The Labute approximate surface area is 109 Å². The minimum absolute atomic E-state index is 0.225. The zero-order valence-electron chi connectivity index (χ0n) is 11.6. The molecule has 0 fully saturated rings. The lowest BCUT2D eigenvalue weighted by atomic mass is 9.81. The van der Waals surface area contributed by atoms with Crippen LogP contribution in [0.25, 0.3) is 0 Å². The van der Waals surface area contributed by atoms with Gasteiger partial charge in [0.15, 0.2) is 11.5 Å². The van der Waals surface area contributed by atoms with Crippen molar-refractivity contribution >= 4 is 0 Å². The van der Waals surface area contributed by atoms with Gasteiger partial charge in [0.25, 0.3) is 0 Å². The van der Waals surface area contributed by atoms with Crippen LogP contribution in [0.2, 0.25) is 0 Å². The third-order valence-corrected chi connectivity index (χ3v) is 3.49. The van der Waals surface area contributed by atoms with Gasteiger partial charge >= 0.3 is 0 Å². The van der Waals surface area contributed by atoms with Crippen LogP contribution < -0.4 is 15.2 Å². The summed E-state index contributed by atoms with van der Waals surface area (Å²) < 4.78 is 11.2. The van der Waals surface area contributed by atoms with Crippen LogP contribution in [0.4, 0.5) is 0 Å². The lowest BCUT2D eigenvalue weighted by molar-refractivity contribution is 0.171. The quantitative estimate of drug-likeness (QED) is 0.892. The van der Waals surface area contributed by atoms with Gasteiger partial charge < -0.3 is 15.2 Å². The van der Waals surface area contributed by atoms with Crippen LogP contribution in [0.3, 0.4) is 0 Å². The van der Waals surface area contributed by atoms with Gasteiger partial charge in [-0.1, -0.05) is 13.8 Å². The Morgan fingerprint density at radius 3 is 2.39 bits per heavy atom. The number of aryl methyl sites for hydroxylation is 1. The van der Waals surface area contributed by atoms with E-state index in [2.05, 4.69) is 32.9 Å². The summed E-state index contributed by atoms with van der Waals surface area (Å²) in [6.07, 6.45) is 2.05. The van der Waals surface area contributed by atoms with E-state index in [0.29, 0.717) is 13.2 Å². The van der Waals surface area contributed by atoms with Gasteiger partial charge in [0.2, 0.25) is 0 Å². The smallest absolute Gasteiger partial charge is 0.161 e. The summed E-state index contributed by atoms with van der Waals surface area (Å²) in [7, 11) is 0. The fourth-order valence-electron chi connectivity index (χ4n) is 2.42. The average molecular weight is 249 g/mol. The van der Waals surface area contributed by atoms with Gasteiger partial charge in [0, 0.05) is 0 Å². The second-order valence-electron chi connectivity index (χ2n) is 5.80. The van der Waals surface area contributed by atoms with Crippen LogP contribution in [0.15, 0.2) is 12.1 Å². The first-order valence-electron chi connectivity index (χ1n) is 6.61. The minimum atomic E-state index is 0.225. The topological polar surface area (TPSA) is 44.5 Å². The van der Waals surface area contributed by atoms with E-state index < -0.39 is 0 Å². The first kappa shape index (κ1) is 13.2. The van der Waals surface area contributed by atoms with Crippen molar-refractivity contribution in [3.8, 4) is 11.5 Å². The highest BCUT2D eigenvalue weighted by atomic mass is 16.6. The van der Waals surface area contributed by atoms with Gasteiger partial charge in [-0.15, -0.1) is 0 Å². The van der Waals surface area contributed by atoms with E-state index in [-0.39, 0.29) is 5.41 Å². The van der Waals surface area contributed by atoms with Gasteiger partial charge in [-0.3, -0.25) is 0 Å². The molecule has 0 aromatic heterocycles. The number of hydrogen-bond donors (Lipinski definition) is 1. The second-order valence-corrected chi connectivity index (χ2v) is 5.80. The van der Waals surface area contributed by atoms with E-state index in [4.69, 9.17) is 15.2 Å². The van der Waals surface area contributed by atoms with Crippen molar-refractivity contribution in [2.75, 3.05) is 19.8 Å². The van der Waals surface area contributed by atoms with Crippen molar-refractivity contribution < 1.29 is 9.47 Å². The molecular formula is C15H23NO2. The molecule has 2 rings (SSSR count). The zero-order chi connectivity index (χ0) is 13.2. The van der Waals surface area contributed by atoms with Crippen LogP contribution in [-0.4, -0.2) is 19.8 Å². The molecule has 18 heavy (non-hydrogen) atoms. The molecule has 0 saturated heterocycles. The normalized spacial score (nSPS) is 14.7. The molecule has 0 saturated carbocycles. The molecule has 1 aliphatic rings. The molecule has 1 aliphatic heterocycles. The molecule has 0 aliphatic carbocycles. The van der Waals surface area contributed by atoms with Gasteiger partial charge in [-0.2, -0.15) is 0 Å². The summed E-state index contributed by atoms with van der Waals surface area (Å²) in [6.45, 7) is 8.67. The standard InChI is InChI=1S/C15H23NO2/c1-11-8-13-14(18-7-6-17-13)9-12(11)10-15(2,3)4-5-16/h8-9H,4-7,10,16H2,1-3H3. The molecule has 0 amide bonds. The van der Waals surface area contributed by atoms with Gasteiger partial charge in [-0.05, 0) is 55.0 Å². The minimum Gasteiger partial charge on any atom is -0.486 e. The first-order chi connectivity index (χ1) is 8.52. The molecule has 0 radical (unpaired) electrons. The number of ether oxygens (including phenoxy) is 2. The SMILES string of the molecule is Cc1cc2c(cc1CC(C)(C)CCN)OCCO2. The molecule has 1 aromatic rings. The lowest BCUT2D eigenvalue weighted by Gasteiger charge is -2.26. The van der Waals surface area contributed by atoms with E-state index in [9.17, 15) is 0 Å². The van der Waals surface area contributed by atoms with Crippen LogP contribution in [0, 0.1) is 12.3 Å². The maximum absolute atomic E-state index is 5.67. The molecule has 2 N–H and O–H groups in total. The summed E-state index contributed by atoms with van der Waals surface area (Å²) in [4.78, 5) is 0. The number of rotatable bonds is 4. The average Bonchev–Trinajstić information content (AvgIpc) is 2.29. The number of hydrogen-bond acceptors (Lipinski definition) is 3. The third-order valence-electron chi connectivity index (χ3n) is 3.49. The van der Waals surface area contributed by atoms with E-state index in [1.165, 1.54) is 11.1 Å². The molecular weight excluding hydrogens is 226 g/mol. The Bertz CT molecular complexity index is 427. The van der Waals surface area contributed by atoms with Crippen molar-refractivity contribution in [3.63, 3.8) is 0 Å². The van der Waals surface area contributed by atoms with E-state index in [1.807, 2.05) is 0 Å². The van der Waals surface area contributed by atoms with Gasteiger partial charge in [0.1, 0.15) is 13.2 Å². The number of nitrogens with two attached hydrogens (primary N) is 1. The molecule has 0 bridgehead atoms. The second kappa shape index (κ2) is 5.19. The molecule has 0 unspecified atom stereocenters. The number of fused-ring (bicyclic) bond motifs is 1. The van der Waals surface area contributed by atoms with E-state index in [1.54, 1.807) is 0 Å². The molecule has 3 nitrogen and oxygen atoms in total. The van der Waals surface area contributed by atoms with Crippen molar-refractivity contribution in [3.05, 3.63) is 23.3 Å². The molecule has 0 spiro atoms. The highest BCUT2D eigenvalue weighted by molar-refractivity contribution is 5.48. The Hall–Kier alpha value is -1.22. The molecule has 1 heterocycles. The van der Waals surface area contributed by atoms with Gasteiger partial charge in [0.05, 0.1) is 0 Å². The largest absolute Gasteiger partial charge is 0.486 e. The van der Waals surface area contributed by atoms with Crippen molar-refractivity contribution in [2.24, 2.45) is 11.1 Å². The Morgan fingerprint density at radius 1 is 1.17 bits per heavy atom. The summed E-state index contributed by atoms with van der Waals surface area (Å²) in [6, 6.07) is 4.21. The van der Waals surface area contributed by atoms with Crippen LogP contribution >= 0.6 is 0 Å². The summed E-state index contributed by atoms with van der Waals surface area (Å²) in [5.41, 5.74) is 8.50. The first-order valence-corrected chi connectivity index (χ1v) is 6.61.